The first kappa shape index (κ1) is 7.06. The second-order valence-electron chi connectivity index (χ2n) is 3.68. The molecule has 2 aromatic heterocycles. The molecule has 0 unspecified atom stereocenters. The van der Waals surface area contributed by atoms with Crippen LogP contribution in [0.3, 0.4) is 0 Å². The molecule has 0 amide bonds. The van der Waals surface area contributed by atoms with Crippen LogP contribution >= 0.6 is 0 Å². The predicted molar refractivity (Wildman–Crippen MR) is 50.6 cm³/mol. The van der Waals surface area contributed by atoms with Crippen LogP contribution in [0.1, 0.15) is 30.3 Å². The van der Waals surface area contributed by atoms with Crippen molar-refractivity contribution < 1.29 is 0 Å². The molecule has 66 valence electrons. The number of aromatic amines is 1. The zero-order valence-electron chi connectivity index (χ0n) is 7.54. The zero-order valence-corrected chi connectivity index (χ0v) is 7.54. The molecular formula is C10H11N3. The summed E-state index contributed by atoms with van der Waals surface area (Å²) in [5, 5.41) is 1.14. The number of hydrogen-bond acceptors (Lipinski definition) is 2. The fourth-order valence-electron chi connectivity index (χ4n) is 1.64. The van der Waals surface area contributed by atoms with Gasteiger partial charge in [-0.05, 0) is 25.8 Å². The molecule has 0 saturated heterocycles. The molecule has 3 heteroatoms. The molecule has 13 heavy (non-hydrogen) atoms. The summed E-state index contributed by atoms with van der Waals surface area (Å²) in [6.07, 6.45) is 4.43. The third kappa shape index (κ3) is 1.03. The Morgan fingerprint density at radius 1 is 1.38 bits per heavy atom. The van der Waals surface area contributed by atoms with Crippen LogP contribution in [0.2, 0.25) is 0 Å². The highest BCUT2D eigenvalue weighted by molar-refractivity contribution is 5.77. The van der Waals surface area contributed by atoms with Crippen LogP contribution in [0.5, 0.6) is 0 Å². The highest BCUT2D eigenvalue weighted by atomic mass is 15.0. The third-order valence-electron chi connectivity index (χ3n) is 2.57. The van der Waals surface area contributed by atoms with Crippen molar-refractivity contribution in [2.24, 2.45) is 0 Å². The first-order valence-electron chi connectivity index (χ1n) is 4.66. The van der Waals surface area contributed by atoms with Gasteiger partial charge >= 0.3 is 0 Å². The van der Waals surface area contributed by atoms with Gasteiger partial charge in [-0.25, -0.2) is 9.97 Å². The van der Waals surface area contributed by atoms with Gasteiger partial charge in [0.25, 0.3) is 0 Å². The summed E-state index contributed by atoms with van der Waals surface area (Å²) in [5.74, 6) is 1.65. The second kappa shape index (κ2) is 2.31. The van der Waals surface area contributed by atoms with Gasteiger partial charge in [-0.3, -0.25) is 0 Å². The summed E-state index contributed by atoms with van der Waals surface area (Å²) in [6, 6.07) is 2.03. The van der Waals surface area contributed by atoms with E-state index in [1.54, 1.807) is 0 Å². The highest BCUT2D eigenvalue weighted by Crippen LogP contribution is 2.38. The maximum atomic E-state index is 4.50. The highest BCUT2D eigenvalue weighted by Gasteiger charge is 2.27. The van der Waals surface area contributed by atoms with Crippen molar-refractivity contribution in [2.45, 2.75) is 25.7 Å². The Morgan fingerprint density at radius 3 is 3.00 bits per heavy atom. The number of H-pyrrole nitrogens is 1. The van der Waals surface area contributed by atoms with Crippen molar-refractivity contribution in [1.29, 1.82) is 0 Å². The predicted octanol–water partition coefficient (Wildman–Crippen LogP) is 2.14. The number of hydrogen-bond donors (Lipinski definition) is 1. The molecule has 0 atom stereocenters. The molecule has 0 spiro atoms. The summed E-state index contributed by atoms with van der Waals surface area (Å²) in [7, 11) is 0. The minimum atomic E-state index is 0.631. The van der Waals surface area contributed by atoms with E-state index in [1.807, 2.05) is 19.2 Å². The molecule has 0 aliphatic heterocycles. The first-order valence-corrected chi connectivity index (χ1v) is 4.66. The van der Waals surface area contributed by atoms with Crippen LogP contribution in [0, 0.1) is 6.92 Å². The number of nitrogens with one attached hydrogen (secondary N) is 1. The Hall–Kier alpha value is -1.38. The van der Waals surface area contributed by atoms with Crippen molar-refractivity contribution in [3.05, 3.63) is 23.8 Å². The maximum absolute atomic E-state index is 4.50. The molecular weight excluding hydrogens is 162 g/mol. The van der Waals surface area contributed by atoms with Crippen LogP contribution < -0.4 is 0 Å². The first-order chi connectivity index (χ1) is 6.34. The minimum absolute atomic E-state index is 0.631. The van der Waals surface area contributed by atoms with Crippen molar-refractivity contribution >= 4 is 11.0 Å². The molecule has 0 aromatic carbocycles. The van der Waals surface area contributed by atoms with Gasteiger partial charge in [-0.2, -0.15) is 0 Å². The fraction of sp³-hybridized carbons (Fsp3) is 0.400. The number of aryl methyl sites for hydroxylation is 1. The Morgan fingerprint density at radius 2 is 2.23 bits per heavy atom. The lowest BCUT2D eigenvalue weighted by Crippen LogP contribution is -1.95. The molecule has 1 saturated carbocycles. The topological polar surface area (TPSA) is 41.6 Å². The van der Waals surface area contributed by atoms with Crippen molar-refractivity contribution in [3.8, 4) is 0 Å². The maximum Gasteiger partial charge on any atom is 0.141 e. The molecule has 1 aliphatic carbocycles. The Labute approximate surface area is 76.2 Å². The quantitative estimate of drug-likeness (QED) is 0.717. The fourth-order valence-corrected chi connectivity index (χ4v) is 1.64. The van der Waals surface area contributed by atoms with Gasteiger partial charge in [0.15, 0.2) is 0 Å². The van der Waals surface area contributed by atoms with Gasteiger partial charge in [0.05, 0.1) is 5.69 Å². The van der Waals surface area contributed by atoms with Crippen LogP contribution in [0.25, 0.3) is 11.0 Å². The molecule has 0 bridgehead atoms. The SMILES string of the molecule is Cc1nc(C2CC2)nc2[nH]ccc12. The normalized spacial score (nSPS) is 16.7. The Balaban J connectivity index is 2.27. The van der Waals surface area contributed by atoms with E-state index in [-0.39, 0.29) is 0 Å². The average molecular weight is 173 g/mol. The molecule has 1 N–H and O–H groups in total. The van der Waals surface area contributed by atoms with Gasteiger partial charge < -0.3 is 4.98 Å². The molecule has 2 heterocycles. The molecule has 2 aromatic rings. The van der Waals surface area contributed by atoms with E-state index >= 15 is 0 Å². The summed E-state index contributed by atoms with van der Waals surface area (Å²) in [6.45, 7) is 2.05. The van der Waals surface area contributed by atoms with E-state index < -0.39 is 0 Å². The largest absolute Gasteiger partial charge is 0.346 e. The van der Waals surface area contributed by atoms with Gasteiger partial charge in [0.1, 0.15) is 11.5 Å². The van der Waals surface area contributed by atoms with Gasteiger partial charge in [-0.1, -0.05) is 0 Å². The number of fused-ring (bicyclic) bond motifs is 1. The Kier molecular flexibility index (Phi) is 1.26. The zero-order chi connectivity index (χ0) is 8.84. The molecule has 3 rings (SSSR count). The van der Waals surface area contributed by atoms with Crippen molar-refractivity contribution in [3.63, 3.8) is 0 Å². The minimum Gasteiger partial charge on any atom is -0.346 e. The molecule has 1 aliphatic rings. The van der Waals surface area contributed by atoms with E-state index in [0.29, 0.717) is 5.92 Å². The van der Waals surface area contributed by atoms with Crippen LogP contribution in [-0.2, 0) is 0 Å². The van der Waals surface area contributed by atoms with Gasteiger partial charge in [0.2, 0.25) is 0 Å². The summed E-state index contributed by atoms with van der Waals surface area (Å²) in [4.78, 5) is 12.1. The summed E-state index contributed by atoms with van der Waals surface area (Å²) >= 11 is 0. The van der Waals surface area contributed by atoms with Crippen LogP contribution in [-0.4, -0.2) is 15.0 Å². The third-order valence-corrected chi connectivity index (χ3v) is 2.57. The standard InChI is InChI=1S/C10H11N3/c1-6-8-4-5-11-10(8)13-9(12-6)7-2-3-7/h4-5,7H,2-3H2,1H3,(H,11,12,13). The smallest absolute Gasteiger partial charge is 0.141 e. The Bertz CT molecular complexity index is 454. The van der Waals surface area contributed by atoms with Gasteiger partial charge in [0, 0.05) is 17.5 Å². The van der Waals surface area contributed by atoms with Crippen molar-refractivity contribution in [2.75, 3.05) is 0 Å². The number of aromatic nitrogens is 3. The monoisotopic (exact) mass is 173 g/mol. The van der Waals surface area contributed by atoms with Gasteiger partial charge in [-0.15, -0.1) is 0 Å². The van der Waals surface area contributed by atoms with Crippen LogP contribution in [0.15, 0.2) is 12.3 Å². The average Bonchev–Trinajstić information content (AvgIpc) is 2.85. The molecule has 0 radical (unpaired) electrons. The summed E-state index contributed by atoms with van der Waals surface area (Å²) < 4.78 is 0. The molecule has 3 nitrogen and oxygen atoms in total. The van der Waals surface area contributed by atoms with E-state index in [2.05, 4.69) is 15.0 Å². The lowest BCUT2D eigenvalue weighted by Gasteiger charge is -1.99. The molecule has 1 fully saturated rings. The number of rotatable bonds is 1. The number of nitrogens with zero attached hydrogens (tertiary/aromatic N) is 2. The van der Waals surface area contributed by atoms with E-state index in [9.17, 15) is 0 Å². The van der Waals surface area contributed by atoms with E-state index in [1.165, 1.54) is 12.8 Å². The van der Waals surface area contributed by atoms with E-state index in [4.69, 9.17) is 0 Å². The summed E-state index contributed by atoms with van der Waals surface area (Å²) in [5.41, 5.74) is 2.07. The van der Waals surface area contributed by atoms with Crippen LogP contribution in [0.4, 0.5) is 0 Å². The van der Waals surface area contributed by atoms with Crippen molar-refractivity contribution in [1.82, 2.24) is 15.0 Å². The second-order valence-corrected chi connectivity index (χ2v) is 3.68. The van der Waals surface area contributed by atoms with E-state index in [0.717, 1.165) is 22.6 Å². The lowest BCUT2D eigenvalue weighted by molar-refractivity contribution is 0.925. The lowest BCUT2D eigenvalue weighted by atomic mass is 10.3.